The maximum absolute atomic E-state index is 13.2. The summed E-state index contributed by atoms with van der Waals surface area (Å²) in [6.45, 7) is 11.4. The number of nitriles is 1. The topological polar surface area (TPSA) is 123 Å². The van der Waals surface area contributed by atoms with Crippen molar-refractivity contribution in [1.82, 2.24) is 25.6 Å². The molecule has 0 unspecified atom stereocenters. The molecule has 0 fully saturated rings. The summed E-state index contributed by atoms with van der Waals surface area (Å²) in [5, 5.41) is 13.5. The quantitative estimate of drug-likeness (QED) is 0.390. The van der Waals surface area contributed by atoms with Crippen molar-refractivity contribution in [2.45, 2.75) is 53.2 Å². The Balaban J connectivity index is 1.94. The molecule has 10 heteroatoms. The molecule has 0 atom stereocenters. The van der Waals surface area contributed by atoms with E-state index in [1.807, 2.05) is 71.0 Å². The molecule has 1 heterocycles. The number of carbonyl (C=O) groups excluding carboxylic acids is 2. The Morgan fingerprint density at radius 2 is 1.89 bits per heavy atom. The van der Waals surface area contributed by atoms with Crippen molar-refractivity contribution in [3.63, 3.8) is 0 Å². The molecule has 3 amide bonds. The van der Waals surface area contributed by atoms with Gasteiger partial charge in [-0.15, -0.1) is 0 Å². The smallest absolute Gasteiger partial charge is 0.407 e. The number of hydrogen-bond acceptors (Lipinski definition) is 7. The molecule has 10 nitrogen and oxygen atoms in total. The number of alkyl carbamates (subject to hydrolysis) is 1. The molecule has 0 radical (unpaired) electrons. The van der Waals surface area contributed by atoms with Gasteiger partial charge >= 0.3 is 12.1 Å². The van der Waals surface area contributed by atoms with Gasteiger partial charge in [0.1, 0.15) is 12.7 Å². The Hall–Kier alpha value is -3.87. The molecule has 188 valence electrons. The Morgan fingerprint density at radius 3 is 2.51 bits per heavy atom. The summed E-state index contributed by atoms with van der Waals surface area (Å²) < 4.78 is 5.22. The van der Waals surface area contributed by atoms with Gasteiger partial charge in [-0.1, -0.05) is 44.2 Å². The van der Waals surface area contributed by atoms with E-state index in [9.17, 15) is 9.59 Å². The maximum Gasteiger partial charge on any atom is 0.407 e. The van der Waals surface area contributed by atoms with Crippen LogP contribution in [-0.2, 0) is 11.3 Å². The lowest BCUT2D eigenvalue weighted by atomic mass is 10.1. The number of ether oxygens (including phenoxy) is 1. The first-order chi connectivity index (χ1) is 16.6. The van der Waals surface area contributed by atoms with E-state index in [-0.39, 0.29) is 24.4 Å². The van der Waals surface area contributed by atoms with Crippen molar-refractivity contribution in [3.8, 4) is 6.07 Å². The van der Waals surface area contributed by atoms with E-state index in [4.69, 9.17) is 10.00 Å². The fourth-order valence-electron chi connectivity index (χ4n) is 3.23. The molecule has 2 aromatic rings. The third-order valence-corrected chi connectivity index (χ3v) is 4.89. The van der Waals surface area contributed by atoms with E-state index in [1.165, 1.54) is 6.20 Å². The van der Waals surface area contributed by atoms with Crippen LogP contribution in [0.4, 0.5) is 15.4 Å². The van der Waals surface area contributed by atoms with Crippen molar-refractivity contribution < 1.29 is 14.3 Å². The molecule has 0 saturated carbocycles. The molecule has 0 aliphatic rings. The lowest BCUT2D eigenvalue weighted by molar-refractivity contribution is 0.135. The number of aromatic nitrogens is 2. The minimum Gasteiger partial charge on any atom is -0.445 e. The summed E-state index contributed by atoms with van der Waals surface area (Å²) in [7, 11) is 0. The second-order valence-electron chi connectivity index (χ2n) is 9.44. The third kappa shape index (κ3) is 9.49. The summed E-state index contributed by atoms with van der Waals surface area (Å²) in [4.78, 5) is 35.0. The zero-order valence-corrected chi connectivity index (χ0v) is 21.1. The lowest BCUT2D eigenvalue weighted by Crippen LogP contribution is -2.56. The van der Waals surface area contributed by atoms with Crippen LogP contribution in [0.15, 0.2) is 42.6 Å². The zero-order valence-electron chi connectivity index (χ0n) is 21.1. The number of benzene rings is 1. The van der Waals surface area contributed by atoms with Gasteiger partial charge in [0.2, 0.25) is 5.82 Å². The van der Waals surface area contributed by atoms with E-state index >= 15 is 0 Å². The zero-order chi connectivity index (χ0) is 25.8. The number of rotatable bonds is 10. The molecule has 0 spiro atoms. The predicted molar refractivity (Wildman–Crippen MR) is 133 cm³/mol. The van der Waals surface area contributed by atoms with Gasteiger partial charge in [-0.3, -0.25) is 5.01 Å². The van der Waals surface area contributed by atoms with E-state index in [1.54, 1.807) is 16.0 Å². The Morgan fingerprint density at radius 1 is 1.17 bits per heavy atom. The number of amides is 3. The van der Waals surface area contributed by atoms with Gasteiger partial charge in [-0.25, -0.2) is 20.0 Å². The number of urea groups is 1. The molecular formula is C25H35N7O3. The van der Waals surface area contributed by atoms with Gasteiger partial charge < -0.3 is 15.0 Å². The Labute approximate surface area is 207 Å². The average Bonchev–Trinajstić information content (AvgIpc) is 2.81. The summed E-state index contributed by atoms with van der Waals surface area (Å²) in [5.41, 5.74) is 3.36. The molecule has 0 bridgehead atoms. The molecule has 0 saturated heterocycles. The highest BCUT2D eigenvalue weighted by Crippen LogP contribution is 2.16. The van der Waals surface area contributed by atoms with Crippen LogP contribution in [0.2, 0.25) is 0 Å². The normalized spacial score (nSPS) is 10.9. The minimum atomic E-state index is -0.499. The molecule has 35 heavy (non-hydrogen) atoms. The van der Waals surface area contributed by atoms with Crippen molar-refractivity contribution in [2.75, 3.05) is 24.6 Å². The SMILES string of the molecule is CC(C)CN(NC(=O)N(CCCNC(=O)OCc1ccccc1)C(C)(C)C)c1ccnc(C#N)n1. The fraction of sp³-hybridized carbons (Fsp3) is 0.480. The van der Waals surface area contributed by atoms with E-state index in [0.29, 0.717) is 31.9 Å². The van der Waals surface area contributed by atoms with Crippen LogP contribution >= 0.6 is 0 Å². The van der Waals surface area contributed by atoms with Crippen LogP contribution < -0.4 is 15.8 Å². The monoisotopic (exact) mass is 481 g/mol. The van der Waals surface area contributed by atoms with Gasteiger partial charge in [0, 0.05) is 37.4 Å². The average molecular weight is 482 g/mol. The molecule has 1 aromatic heterocycles. The predicted octanol–water partition coefficient (Wildman–Crippen LogP) is 3.85. The first kappa shape index (κ1) is 27.4. The highest BCUT2D eigenvalue weighted by atomic mass is 16.5. The molecule has 2 N–H and O–H groups in total. The van der Waals surface area contributed by atoms with Gasteiger partial charge in [0.25, 0.3) is 0 Å². The summed E-state index contributed by atoms with van der Waals surface area (Å²) >= 11 is 0. The highest BCUT2D eigenvalue weighted by Gasteiger charge is 2.28. The standard InChI is InChI=1S/C25H35N7O3/c1-19(2)17-32(22-12-14-27-21(16-26)29-22)30-23(33)31(25(3,4)5)15-9-13-28-24(34)35-18-20-10-7-6-8-11-20/h6-8,10-12,14,19H,9,13,15,17-18H2,1-5H3,(H,28,34)(H,30,33). The third-order valence-electron chi connectivity index (χ3n) is 4.89. The summed E-state index contributed by atoms with van der Waals surface area (Å²) in [6, 6.07) is 12.7. The van der Waals surface area contributed by atoms with Crippen molar-refractivity contribution >= 4 is 17.9 Å². The van der Waals surface area contributed by atoms with Crippen LogP contribution in [0.3, 0.4) is 0 Å². The van der Waals surface area contributed by atoms with Gasteiger partial charge in [-0.2, -0.15) is 10.2 Å². The van der Waals surface area contributed by atoms with Crippen LogP contribution in [0.25, 0.3) is 0 Å². The number of anilines is 1. The highest BCUT2D eigenvalue weighted by molar-refractivity contribution is 5.76. The van der Waals surface area contributed by atoms with E-state index in [0.717, 1.165) is 5.56 Å². The fourth-order valence-corrected chi connectivity index (χ4v) is 3.23. The van der Waals surface area contributed by atoms with Crippen LogP contribution in [0.5, 0.6) is 0 Å². The molecule has 0 aliphatic heterocycles. The van der Waals surface area contributed by atoms with Crippen LogP contribution in [0, 0.1) is 17.2 Å². The van der Waals surface area contributed by atoms with Crippen LogP contribution in [0.1, 0.15) is 52.4 Å². The van der Waals surface area contributed by atoms with E-state index in [2.05, 4.69) is 20.7 Å². The Bertz CT molecular complexity index is 1000. The van der Waals surface area contributed by atoms with Gasteiger partial charge in [0.15, 0.2) is 5.82 Å². The van der Waals surface area contributed by atoms with Crippen molar-refractivity contribution in [1.29, 1.82) is 5.26 Å². The summed E-state index contributed by atoms with van der Waals surface area (Å²) in [5.74, 6) is 0.698. The summed E-state index contributed by atoms with van der Waals surface area (Å²) in [6.07, 6.45) is 1.53. The van der Waals surface area contributed by atoms with Crippen molar-refractivity contribution in [2.24, 2.45) is 5.92 Å². The second-order valence-corrected chi connectivity index (χ2v) is 9.44. The van der Waals surface area contributed by atoms with Crippen LogP contribution in [-0.4, -0.2) is 52.2 Å². The first-order valence-electron chi connectivity index (χ1n) is 11.6. The second kappa shape index (κ2) is 13.1. The number of carbonyl (C=O) groups is 2. The molecule has 2 rings (SSSR count). The minimum absolute atomic E-state index is 0.0309. The molecular weight excluding hydrogens is 446 g/mol. The van der Waals surface area contributed by atoms with Gasteiger partial charge in [-0.05, 0) is 38.7 Å². The number of nitrogens with one attached hydrogen (secondary N) is 2. The molecule has 1 aromatic carbocycles. The van der Waals surface area contributed by atoms with E-state index < -0.39 is 11.6 Å². The largest absolute Gasteiger partial charge is 0.445 e. The first-order valence-corrected chi connectivity index (χ1v) is 11.6. The maximum atomic E-state index is 13.2. The Kier molecular flexibility index (Phi) is 10.3. The van der Waals surface area contributed by atoms with Crippen molar-refractivity contribution in [3.05, 3.63) is 54.0 Å². The van der Waals surface area contributed by atoms with Gasteiger partial charge in [0.05, 0.1) is 0 Å². The lowest BCUT2D eigenvalue weighted by Gasteiger charge is -2.38. The number of hydrazine groups is 1. The molecule has 0 aliphatic carbocycles. The number of nitrogens with zero attached hydrogens (tertiary/aromatic N) is 5. The number of hydrogen-bond donors (Lipinski definition) is 2.